The molecule has 1 fully saturated rings. The van der Waals surface area contributed by atoms with Gasteiger partial charge in [-0.15, -0.1) is 11.8 Å². The van der Waals surface area contributed by atoms with E-state index >= 15 is 0 Å². The molecule has 1 aromatic carbocycles. The Morgan fingerprint density at radius 1 is 1.33 bits per heavy atom. The van der Waals surface area contributed by atoms with Crippen molar-refractivity contribution in [1.29, 1.82) is 0 Å². The molecular weight excluding hydrogens is 246 g/mol. The Labute approximate surface area is 110 Å². The number of nitrogens with one attached hydrogen (secondary N) is 1. The SMILES string of the molecule is CSc1ccc(-c2noc([C@H]3CCCN3)n2)cc1. The minimum absolute atomic E-state index is 0.233. The van der Waals surface area contributed by atoms with E-state index in [0.717, 1.165) is 18.5 Å². The summed E-state index contributed by atoms with van der Waals surface area (Å²) in [6.45, 7) is 1.03. The van der Waals surface area contributed by atoms with Gasteiger partial charge in [0.05, 0.1) is 6.04 Å². The van der Waals surface area contributed by atoms with Crippen molar-refractivity contribution >= 4 is 11.8 Å². The van der Waals surface area contributed by atoms with Crippen LogP contribution in [0.3, 0.4) is 0 Å². The van der Waals surface area contributed by atoms with Gasteiger partial charge in [-0.05, 0) is 49.9 Å². The molecule has 1 N–H and O–H groups in total. The maximum atomic E-state index is 5.33. The summed E-state index contributed by atoms with van der Waals surface area (Å²) in [6.07, 6.45) is 4.31. The summed E-state index contributed by atoms with van der Waals surface area (Å²) in [5.41, 5.74) is 1.00. The first-order valence-electron chi connectivity index (χ1n) is 6.08. The molecule has 0 unspecified atom stereocenters. The Morgan fingerprint density at radius 3 is 2.83 bits per heavy atom. The summed E-state index contributed by atoms with van der Waals surface area (Å²) in [5, 5.41) is 7.41. The summed E-state index contributed by atoms with van der Waals surface area (Å²) in [5.74, 6) is 1.38. The molecule has 4 nitrogen and oxygen atoms in total. The predicted molar refractivity (Wildman–Crippen MR) is 71.5 cm³/mol. The number of rotatable bonds is 3. The lowest BCUT2D eigenvalue weighted by Gasteiger charge is -2.01. The zero-order valence-corrected chi connectivity index (χ0v) is 11.0. The summed E-state index contributed by atoms with van der Waals surface area (Å²) in [4.78, 5) is 5.71. The monoisotopic (exact) mass is 261 g/mol. The average molecular weight is 261 g/mol. The lowest BCUT2D eigenvalue weighted by atomic mass is 10.2. The van der Waals surface area contributed by atoms with Crippen LogP contribution in [0.2, 0.25) is 0 Å². The maximum Gasteiger partial charge on any atom is 0.244 e. The van der Waals surface area contributed by atoms with E-state index in [0.29, 0.717) is 11.7 Å². The largest absolute Gasteiger partial charge is 0.337 e. The molecule has 0 radical (unpaired) electrons. The summed E-state index contributed by atoms with van der Waals surface area (Å²) < 4.78 is 5.33. The number of nitrogens with zero attached hydrogens (tertiary/aromatic N) is 2. The molecule has 3 rings (SSSR count). The second kappa shape index (κ2) is 5.12. The van der Waals surface area contributed by atoms with Crippen LogP contribution in [-0.4, -0.2) is 22.9 Å². The van der Waals surface area contributed by atoms with Crippen molar-refractivity contribution in [3.8, 4) is 11.4 Å². The van der Waals surface area contributed by atoms with Crippen molar-refractivity contribution in [1.82, 2.24) is 15.5 Å². The highest BCUT2D eigenvalue weighted by Crippen LogP contribution is 2.25. The van der Waals surface area contributed by atoms with Gasteiger partial charge in [-0.3, -0.25) is 0 Å². The predicted octanol–water partition coefficient (Wildman–Crippen LogP) is 2.88. The van der Waals surface area contributed by atoms with Gasteiger partial charge in [-0.2, -0.15) is 4.98 Å². The van der Waals surface area contributed by atoms with Crippen molar-refractivity contribution in [3.63, 3.8) is 0 Å². The van der Waals surface area contributed by atoms with Gasteiger partial charge in [0.2, 0.25) is 11.7 Å². The quantitative estimate of drug-likeness (QED) is 0.861. The highest BCUT2D eigenvalue weighted by atomic mass is 32.2. The summed E-state index contributed by atoms with van der Waals surface area (Å²) >= 11 is 1.72. The molecule has 1 aromatic heterocycles. The number of aromatic nitrogens is 2. The molecule has 0 aliphatic carbocycles. The van der Waals surface area contributed by atoms with Crippen molar-refractivity contribution in [2.75, 3.05) is 12.8 Å². The lowest BCUT2D eigenvalue weighted by molar-refractivity contribution is 0.345. The molecule has 2 heterocycles. The molecule has 1 atom stereocenters. The van der Waals surface area contributed by atoms with E-state index in [1.807, 2.05) is 12.1 Å². The van der Waals surface area contributed by atoms with Crippen LogP contribution in [0.1, 0.15) is 24.8 Å². The number of hydrogen-bond acceptors (Lipinski definition) is 5. The van der Waals surface area contributed by atoms with E-state index in [1.54, 1.807) is 11.8 Å². The highest BCUT2D eigenvalue weighted by Gasteiger charge is 2.22. The Morgan fingerprint density at radius 2 is 2.17 bits per heavy atom. The molecule has 0 spiro atoms. The normalized spacial score (nSPS) is 19.3. The van der Waals surface area contributed by atoms with Gasteiger partial charge in [-0.25, -0.2) is 0 Å². The minimum atomic E-state index is 0.233. The molecule has 0 bridgehead atoms. The molecule has 18 heavy (non-hydrogen) atoms. The molecular formula is C13H15N3OS. The second-order valence-corrected chi connectivity index (χ2v) is 5.21. The van der Waals surface area contributed by atoms with Gasteiger partial charge in [0.25, 0.3) is 0 Å². The molecule has 0 saturated carbocycles. The van der Waals surface area contributed by atoms with E-state index in [-0.39, 0.29) is 6.04 Å². The van der Waals surface area contributed by atoms with Gasteiger partial charge in [0.1, 0.15) is 0 Å². The molecule has 2 aromatic rings. The van der Waals surface area contributed by atoms with Crippen LogP contribution < -0.4 is 5.32 Å². The Bertz CT molecular complexity index is 517. The van der Waals surface area contributed by atoms with E-state index < -0.39 is 0 Å². The van der Waals surface area contributed by atoms with Crippen molar-refractivity contribution in [2.45, 2.75) is 23.8 Å². The van der Waals surface area contributed by atoms with Crippen LogP contribution in [0.15, 0.2) is 33.7 Å². The van der Waals surface area contributed by atoms with Gasteiger partial charge in [0, 0.05) is 10.5 Å². The fraction of sp³-hybridized carbons (Fsp3) is 0.385. The third kappa shape index (κ3) is 2.28. The Hall–Kier alpha value is -1.33. The molecule has 0 amide bonds. The number of benzene rings is 1. The average Bonchev–Trinajstić information content (AvgIpc) is 3.09. The standard InChI is InChI=1S/C13H15N3OS/c1-18-10-6-4-9(5-7-10)12-15-13(17-16-12)11-3-2-8-14-11/h4-7,11,14H,2-3,8H2,1H3/t11-/m1/s1. The first-order chi connectivity index (χ1) is 8.86. The minimum Gasteiger partial charge on any atom is -0.337 e. The molecule has 1 aliphatic heterocycles. The maximum absolute atomic E-state index is 5.33. The van der Waals surface area contributed by atoms with Crippen LogP contribution in [0, 0.1) is 0 Å². The van der Waals surface area contributed by atoms with Crippen molar-refractivity contribution in [2.24, 2.45) is 0 Å². The van der Waals surface area contributed by atoms with Crippen molar-refractivity contribution in [3.05, 3.63) is 30.2 Å². The Kier molecular flexibility index (Phi) is 3.34. The van der Waals surface area contributed by atoms with Gasteiger partial charge < -0.3 is 9.84 Å². The van der Waals surface area contributed by atoms with Gasteiger partial charge in [-0.1, -0.05) is 5.16 Å². The fourth-order valence-corrected chi connectivity index (χ4v) is 2.54. The van der Waals surface area contributed by atoms with Crippen LogP contribution in [0.25, 0.3) is 11.4 Å². The summed E-state index contributed by atoms with van der Waals surface area (Å²) in [7, 11) is 0. The topological polar surface area (TPSA) is 51.0 Å². The fourth-order valence-electron chi connectivity index (χ4n) is 2.13. The van der Waals surface area contributed by atoms with Gasteiger partial charge in [0.15, 0.2) is 0 Å². The first-order valence-corrected chi connectivity index (χ1v) is 7.31. The molecule has 94 valence electrons. The summed E-state index contributed by atoms with van der Waals surface area (Å²) in [6, 6.07) is 8.44. The second-order valence-electron chi connectivity index (χ2n) is 4.33. The van der Waals surface area contributed by atoms with Crippen molar-refractivity contribution < 1.29 is 4.52 Å². The van der Waals surface area contributed by atoms with E-state index in [9.17, 15) is 0 Å². The third-order valence-electron chi connectivity index (χ3n) is 3.15. The Balaban J connectivity index is 1.82. The number of hydrogen-bond donors (Lipinski definition) is 1. The third-order valence-corrected chi connectivity index (χ3v) is 3.89. The van der Waals surface area contributed by atoms with Gasteiger partial charge >= 0.3 is 0 Å². The van der Waals surface area contributed by atoms with E-state index in [4.69, 9.17) is 4.52 Å². The van der Waals surface area contributed by atoms with Crippen LogP contribution in [0.4, 0.5) is 0 Å². The molecule has 1 saturated heterocycles. The smallest absolute Gasteiger partial charge is 0.244 e. The van der Waals surface area contributed by atoms with Crippen LogP contribution >= 0.6 is 11.8 Å². The lowest BCUT2D eigenvalue weighted by Crippen LogP contribution is -2.12. The number of thioether (sulfide) groups is 1. The van der Waals surface area contributed by atoms with E-state index in [1.165, 1.54) is 11.3 Å². The zero-order chi connectivity index (χ0) is 12.4. The molecule has 5 heteroatoms. The van der Waals surface area contributed by atoms with Crippen LogP contribution in [0.5, 0.6) is 0 Å². The highest BCUT2D eigenvalue weighted by molar-refractivity contribution is 7.98. The first kappa shape index (κ1) is 11.7. The molecule has 1 aliphatic rings. The zero-order valence-electron chi connectivity index (χ0n) is 10.2. The van der Waals surface area contributed by atoms with Crippen LogP contribution in [-0.2, 0) is 0 Å². The van der Waals surface area contributed by atoms with E-state index in [2.05, 4.69) is 33.8 Å².